The number of anilines is 1. The van der Waals surface area contributed by atoms with Crippen LogP contribution < -0.4 is 4.90 Å². The third kappa shape index (κ3) is 3.90. The van der Waals surface area contributed by atoms with Crippen LogP contribution in [0.1, 0.15) is 20.8 Å². The number of piperazine rings is 1. The fourth-order valence-electron chi connectivity index (χ4n) is 2.58. The predicted molar refractivity (Wildman–Crippen MR) is 96.5 cm³/mol. The minimum absolute atomic E-state index is 0.251. The van der Waals surface area contributed by atoms with E-state index in [1.807, 2.05) is 26.8 Å². The van der Waals surface area contributed by atoms with Crippen molar-refractivity contribution in [1.82, 2.24) is 15.0 Å². The summed E-state index contributed by atoms with van der Waals surface area (Å²) in [6.45, 7) is 7.84. The first kappa shape index (κ1) is 18.0. The molecule has 1 aliphatic rings. The van der Waals surface area contributed by atoms with Gasteiger partial charge in [-0.3, -0.25) is 0 Å². The standard InChI is InChI=1S/C17H20BrFN4O2/c1-17(2,3)16(24)25-23-6-4-22(5-7-23)15-12-8-11(18)9-13(19)14(12)20-10-21-15/h8-10H,4-7H2,1-3H3. The Labute approximate surface area is 154 Å². The van der Waals surface area contributed by atoms with Gasteiger partial charge in [0.2, 0.25) is 0 Å². The zero-order valence-corrected chi connectivity index (χ0v) is 16.0. The molecule has 8 heteroatoms. The van der Waals surface area contributed by atoms with E-state index in [1.54, 1.807) is 5.06 Å². The molecule has 134 valence electrons. The number of hydroxylamine groups is 2. The van der Waals surface area contributed by atoms with E-state index in [4.69, 9.17) is 4.84 Å². The van der Waals surface area contributed by atoms with Gasteiger partial charge in [0.15, 0.2) is 5.82 Å². The molecule has 3 rings (SSSR count). The summed E-state index contributed by atoms with van der Waals surface area (Å²) in [5.74, 6) is 0.0530. The predicted octanol–water partition coefficient (Wildman–Crippen LogP) is 3.16. The molecule has 1 aromatic heterocycles. The third-order valence-corrected chi connectivity index (χ3v) is 4.46. The van der Waals surface area contributed by atoms with E-state index in [9.17, 15) is 9.18 Å². The number of carbonyl (C=O) groups is 1. The smallest absolute Gasteiger partial charge is 0.330 e. The van der Waals surface area contributed by atoms with Crippen molar-refractivity contribution in [3.63, 3.8) is 0 Å². The Bertz CT molecular complexity index is 801. The van der Waals surface area contributed by atoms with Crippen LogP contribution in [0.2, 0.25) is 0 Å². The minimum atomic E-state index is -0.538. The Morgan fingerprint density at radius 2 is 1.88 bits per heavy atom. The zero-order chi connectivity index (χ0) is 18.2. The summed E-state index contributed by atoms with van der Waals surface area (Å²) in [4.78, 5) is 27.9. The average Bonchev–Trinajstić information content (AvgIpc) is 2.54. The summed E-state index contributed by atoms with van der Waals surface area (Å²) >= 11 is 3.32. The Kier molecular flexibility index (Phi) is 4.92. The zero-order valence-electron chi connectivity index (χ0n) is 14.4. The van der Waals surface area contributed by atoms with Gasteiger partial charge >= 0.3 is 5.97 Å². The Morgan fingerprint density at radius 1 is 1.20 bits per heavy atom. The lowest BCUT2D eigenvalue weighted by atomic mass is 9.98. The average molecular weight is 411 g/mol. The molecule has 1 saturated heterocycles. The van der Waals surface area contributed by atoms with Crippen LogP contribution in [-0.4, -0.2) is 47.2 Å². The first-order valence-electron chi connectivity index (χ1n) is 8.08. The second kappa shape index (κ2) is 6.84. The molecular weight excluding hydrogens is 391 g/mol. The number of halogens is 2. The molecule has 0 N–H and O–H groups in total. The highest BCUT2D eigenvalue weighted by Gasteiger charge is 2.28. The molecule has 2 aromatic rings. The highest BCUT2D eigenvalue weighted by molar-refractivity contribution is 9.10. The van der Waals surface area contributed by atoms with Gasteiger partial charge in [-0.25, -0.2) is 19.2 Å². The lowest BCUT2D eigenvalue weighted by Crippen LogP contribution is -2.48. The van der Waals surface area contributed by atoms with E-state index in [1.165, 1.54) is 12.4 Å². The minimum Gasteiger partial charge on any atom is -0.367 e. The Morgan fingerprint density at radius 3 is 2.52 bits per heavy atom. The van der Waals surface area contributed by atoms with E-state index in [0.717, 1.165) is 0 Å². The van der Waals surface area contributed by atoms with Crippen molar-refractivity contribution < 1.29 is 14.0 Å². The number of rotatable bonds is 2. The number of nitrogens with zero attached hydrogens (tertiary/aromatic N) is 4. The number of carbonyl (C=O) groups excluding carboxylic acids is 1. The molecule has 6 nitrogen and oxygen atoms in total. The van der Waals surface area contributed by atoms with Crippen LogP contribution in [0.15, 0.2) is 22.9 Å². The van der Waals surface area contributed by atoms with Crippen molar-refractivity contribution in [2.45, 2.75) is 20.8 Å². The van der Waals surface area contributed by atoms with Crippen molar-refractivity contribution in [1.29, 1.82) is 0 Å². The van der Waals surface area contributed by atoms with Gasteiger partial charge in [0.05, 0.1) is 18.5 Å². The summed E-state index contributed by atoms with van der Waals surface area (Å²) < 4.78 is 14.8. The van der Waals surface area contributed by atoms with Gasteiger partial charge in [0, 0.05) is 22.9 Å². The highest BCUT2D eigenvalue weighted by atomic mass is 79.9. The highest BCUT2D eigenvalue weighted by Crippen LogP contribution is 2.29. The van der Waals surface area contributed by atoms with Crippen molar-refractivity contribution in [3.05, 3.63) is 28.7 Å². The molecule has 0 amide bonds. The van der Waals surface area contributed by atoms with Gasteiger partial charge in [-0.2, -0.15) is 0 Å². The van der Waals surface area contributed by atoms with E-state index in [2.05, 4.69) is 30.8 Å². The van der Waals surface area contributed by atoms with Crippen molar-refractivity contribution in [2.24, 2.45) is 5.41 Å². The molecule has 0 spiro atoms. The van der Waals surface area contributed by atoms with Crippen LogP contribution >= 0.6 is 15.9 Å². The maximum absolute atomic E-state index is 14.1. The Balaban J connectivity index is 1.76. The second-order valence-corrected chi connectivity index (χ2v) is 7.94. The summed E-state index contributed by atoms with van der Waals surface area (Å²) in [5, 5.41) is 2.33. The van der Waals surface area contributed by atoms with Crippen LogP contribution in [-0.2, 0) is 9.63 Å². The van der Waals surface area contributed by atoms with Crippen LogP contribution in [0.3, 0.4) is 0 Å². The topological polar surface area (TPSA) is 58.6 Å². The van der Waals surface area contributed by atoms with E-state index in [-0.39, 0.29) is 11.8 Å². The maximum atomic E-state index is 14.1. The van der Waals surface area contributed by atoms with Gasteiger partial charge in [-0.15, -0.1) is 5.06 Å². The number of hydrogen-bond acceptors (Lipinski definition) is 6. The molecule has 25 heavy (non-hydrogen) atoms. The lowest BCUT2D eigenvalue weighted by Gasteiger charge is -2.35. The van der Waals surface area contributed by atoms with Gasteiger partial charge in [-0.05, 0) is 32.9 Å². The number of hydrogen-bond donors (Lipinski definition) is 0. The summed E-state index contributed by atoms with van der Waals surface area (Å²) in [5.41, 5.74) is -0.237. The van der Waals surface area contributed by atoms with Gasteiger partial charge in [0.1, 0.15) is 17.7 Å². The number of fused-ring (bicyclic) bond motifs is 1. The quantitative estimate of drug-likeness (QED) is 0.757. The first-order valence-corrected chi connectivity index (χ1v) is 8.87. The SMILES string of the molecule is CC(C)(C)C(=O)ON1CCN(c2ncnc3c(F)cc(Br)cc23)CC1. The van der Waals surface area contributed by atoms with Crippen LogP contribution in [0.25, 0.3) is 10.9 Å². The van der Waals surface area contributed by atoms with E-state index < -0.39 is 5.41 Å². The largest absolute Gasteiger partial charge is 0.367 e. The summed E-state index contributed by atoms with van der Waals surface area (Å²) in [6, 6.07) is 3.21. The second-order valence-electron chi connectivity index (χ2n) is 7.03. The molecule has 0 radical (unpaired) electrons. The fourth-order valence-corrected chi connectivity index (χ4v) is 3.01. The third-order valence-electron chi connectivity index (χ3n) is 4.00. The molecule has 0 unspecified atom stereocenters. The molecule has 2 heterocycles. The lowest BCUT2D eigenvalue weighted by molar-refractivity contribution is -0.201. The van der Waals surface area contributed by atoms with Gasteiger partial charge in [-0.1, -0.05) is 15.9 Å². The fraction of sp³-hybridized carbons (Fsp3) is 0.471. The molecule has 1 aliphatic heterocycles. The molecule has 1 aromatic carbocycles. The van der Waals surface area contributed by atoms with Crippen molar-refractivity contribution in [2.75, 3.05) is 31.1 Å². The van der Waals surface area contributed by atoms with E-state index >= 15 is 0 Å². The maximum Gasteiger partial charge on any atom is 0.330 e. The number of benzene rings is 1. The molecule has 0 saturated carbocycles. The Hall–Kier alpha value is -1.80. The van der Waals surface area contributed by atoms with Crippen LogP contribution in [0.4, 0.5) is 10.2 Å². The summed E-state index contributed by atoms with van der Waals surface area (Å²) in [7, 11) is 0. The molecule has 0 aliphatic carbocycles. The number of aromatic nitrogens is 2. The monoisotopic (exact) mass is 410 g/mol. The van der Waals surface area contributed by atoms with Gasteiger partial charge in [0.25, 0.3) is 0 Å². The molecule has 0 atom stereocenters. The van der Waals surface area contributed by atoms with Crippen molar-refractivity contribution >= 4 is 38.6 Å². The normalized spacial score (nSPS) is 16.3. The van der Waals surface area contributed by atoms with E-state index in [0.29, 0.717) is 47.4 Å². The van der Waals surface area contributed by atoms with Crippen molar-refractivity contribution in [3.8, 4) is 0 Å². The first-order chi connectivity index (χ1) is 11.8. The summed E-state index contributed by atoms with van der Waals surface area (Å²) in [6.07, 6.45) is 1.38. The molecule has 1 fully saturated rings. The van der Waals surface area contributed by atoms with Crippen LogP contribution in [0.5, 0.6) is 0 Å². The molecule has 0 bridgehead atoms. The molecular formula is C17H20BrFN4O2. The van der Waals surface area contributed by atoms with Crippen LogP contribution in [0, 0.1) is 11.2 Å². The van der Waals surface area contributed by atoms with Gasteiger partial charge < -0.3 is 9.74 Å².